The normalized spacial score (nSPS) is 19.6. The van der Waals surface area contributed by atoms with Crippen LogP contribution in [-0.4, -0.2) is 87.7 Å². The molecule has 0 spiro atoms. The highest BCUT2D eigenvalue weighted by molar-refractivity contribution is 5.95. The summed E-state index contributed by atoms with van der Waals surface area (Å²) in [6.07, 6.45) is 1.01. The van der Waals surface area contributed by atoms with E-state index in [1.165, 1.54) is 7.11 Å². The number of hydrogen-bond acceptors (Lipinski definition) is 6. The highest BCUT2D eigenvalue weighted by Gasteiger charge is 2.31. The van der Waals surface area contributed by atoms with Crippen LogP contribution in [0, 0.1) is 0 Å². The Balaban J connectivity index is 0.00000280. The van der Waals surface area contributed by atoms with Gasteiger partial charge in [0.2, 0.25) is 0 Å². The minimum Gasteiger partial charge on any atom is -0.493 e. The summed E-state index contributed by atoms with van der Waals surface area (Å²) in [5.41, 5.74) is 0.570. The monoisotopic (exact) mass is 412 g/mol. The lowest BCUT2D eigenvalue weighted by Gasteiger charge is -2.32. The molecule has 156 valence electrons. The number of halogens is 1. The number of carbonyl (C=O) groups excluding carboxylic acids is 2. The average molecular weight is 413 g/mol. The van der Waals surface area contributed by atoms with Gasteiger partial charge in [0.05, 0.1) is 7.11 Å². The predicted octanol–water partition coefficient (Wildman–Crippen LogP) is 0.361. The van der Waals surface area contributed by atoms with Gasteiger partial charge >= 0.3 is 0 Å². The van der Waals surface area contributed by atoms with Crippen LogP contribution in [-0.2, 0) is 4.79 Å². The molecule has 0 radical (unpaired) electrons. The number of piperazine rings is 1. The van der Waals surface area contributed by atoms with Crippen molar-refractivity contribution in [1.29, 1.82) is 0 Å². The fourth-order valence-corrected chi connectivity index (χ4v) is 3.59. The van der Waals surface area contributed by atoms with Crippen molar-refractivity contribution >= 4 is 24.2 Å². The molecule has 1 atom stereocenters. The lowest BCUT2D eigenvalue weighted by atomic mass is 10.1. The molecule has 2 aliphatic heterocycles. The van der Waals surface area contributed by atoms with E-state index in [2.05, 4.69) is 15.5 Å². The number of likely N-dealkylation sites (tertiary alicyclic amines) is 1. The van der Waals surface area contributed by atoms with Gasteiger partial charge in [-0.25, -0.2) is 0 Å². The maximum absolute atomic E-state index is 12.9. The second-order valence-corrected chi connectivity index (χ2v) is 6.81. The Hall–Kier alpha value is -2.03. The summed E-state index contributed by atoms with van der Waals surface area (Å²) in [7, 11) is 3.07. The van der Waals surface area contributed by atoms with Crippen molar-refractivity contribution in [2.75, 3.05) is 60.0 Å². The fraction of sp³-hybridized carbons (Fsp3) is 0.579. The van der Waals surface area contributed by atoms with E-state index < -0.39 is 0 Å². The highest BCUT2D eigenvalue weighted by atomic mass is 35.5. The third-order valence-corrected chi connectivity index (χ3v) is 5.17. The number of ether oxygens (including phenoxy) is 2. The van der Waals surface area contributed by atoms with Gasteiger partial charge in [0.15, 0.2) is 18.1 Å². The van der Waals surface area contributed by atoms with E-state index in [0.29, 0.717) is 23.1 Å². The molecule has 2 amide bonds. The number of likely N-dealkylation sites (N-methyl/N-ethyl adjacent to an activating group) is 1. The highest BCUT2D eigenvalue weighted by Crippen LogP contribution is 2.29. The van der Waals surface area contributed by atoms with Gasteiger partial charge in [-0.2, -0.15) is 0 Å². The Kier molecular flexibility index (Phi) is 8.35. The second kappa shape index (κ2) is 10.5. The molecule has 28 heavy (non-hydrogen) atoms. The zero-order valence-electron chi connectivity index (χ0n) is 16.4. The van der Waals surface area contributed by atoms with Crippen LogP contribution in [0.15, 0.2) is 18.2 Å². The largest absolute Gasteiger partial charge is 0.493 e. The molecular weight excluding hydrogens is 384 g/mol. The number of nitrogens with one attached hydrogen (secondary N) is 2. The summed E-state index contributed by atoms with van der Waals surface area (Å²) < 4.78 is 10.8. The molecule has 2 N–H and O–H groups in total. The first-order chi connectivity index (χ1) is 13.1. The number of rotatable bonds is 6. The van der Waals surface area contributed by atoms with E-state index in [-0.39, 0.29) is 30.8 Å². The summed E-state index contributed by atoms with van der Waals surface area (Å²) >= 11 is 0. The maximum atomic E-state index is 12.9. The molecule has 2 saturated heterocycles. The number of hydrogen-bond donors (Lipinski definition) is 2. The van der Waals surface area contributed by atoms with Crippen molar-refractivity contribution in [3.8, 4) is 11.5 Å². The Labute approximate surface area is 171 Å². The summed E-state index contributed by atoms with van der Waals surface area (Å²) in [4.78, 5) is 28.6. The molecule has 3 rings (SSSR count). The molecular formula is C19H29ClN4O4. The minimum absolute atomic E-state index is 0. The zero-order valence-corrected chi connectivity index (χ0v) is 17.2. The molecule has 1 aromatic carbocycles. The average Bonchev–Trinajstić information content (AvgIpc) is 3.22. The van der Waals surface area contributed by atoms with Gasteiger partial charge in [-0.1, -0.05) is 0 Å². The van der Waals surface area contributed by atoms with Gasteiger partial charge in [-0.05, 0) is 24.6 Å². The van der Waals surface area contributed by atoms with Crippen LogP contribution in [0.2, 0.25) is 0 Å². The van der Waals surface area contributed by atoms with Gasteiger partial charge in [0, 0.05) is 57.9 Å². The number of methoxy groups -OCH3 is 1. The van der Waals surface area contributed by atoms with Crippen LogP contribution in [0.5, 0.6) is 11.5 Å². The van der Waals surface area contributed by atoms with Crippen molar-refractivity contribution in [1.82, 2.24) is 20.4 Å². The number of carbonyl (C=O) groups is 2. The summed E-state index contributed by atoms with van der Waals surface area (Å²) in [6.45, 7) is 5.54. The van der Waals surface area contributed by atoms with Gasteiger partial charge in [-0.3, -0.25) is 14.5 Å². The van der Waals surface area contributed by atoms with Crippen LogP contribution in [0.25, 0.3) is 0 Å². The van der Waals surface area contributed by atoms with Crippen molar-refractivity contribution < 1.29 is 19.1 Å². The molecule has 9 heteroatoms. The molecule has 0 bridgehead atoms. The van der Waals surface area contributed by atoms with E-state index in [9.17, 15) is 9.59 Å². The molecule has 2 heterocycles. The van der Waals surface area contributed by atoms with Gasteiger partial charge < -0.3 is 25.0 Å². The molecule has 1 aromatic rings. The molecule has 0 saturated carbocycles. The minimum atomic E-state index is -0.228. The number of benzene rings is 1. The van der Waals surface area contributed by atoms with E-state index >= 15 is 0 Å². The maximum Gasteiger partial charge on any atom is 0.257 e. The van der Waals surface area contributed by atoms with Crippen LogP contribution in [0.3, 0.4) is 0 Å². The van der Waals surface area contributed by atoms with Crippen LogP contribution in [0.1, 0.15) is 16.8 Å². The lowest BCUT2D eigenvalue weighted by molar-refractivity contribution is -0.122. The third kappa shape index (κ3) is 5.27. The Morgan fingerprint density at radius 2 is 1.96 bits per heavy atom. The first kappa shape index (κ1) is 22.3. The smallest absolute Gasteiger partial charge is 0.257 e. The molecule has 2 aliphatic rings. The predicted molar refractivity (Wildman–Crippen MR) is 109 cm³/mol. The van der Waals surface area contributed by atoms with E-state index in [4.69, 9.17) is 9.47 Å². The molecule has 2 fully saturated rings. The Morgan fingerprint density at radius 1 is 1.21 bits per heavy atom. The van der Waals surface area contributed by atoms with Gasteiger partial charge in [0.25, 0.3) is 11.8 Å². The topological polar surface area (TPSA) is 83.1 Å². The Morgan fingerprint density at radius 3 is 2.64 bits per heavy atom. The second-order valence-electron chi connectivity index (χ2n) is 6.81. The van der Waals surface area contributed by atoms with Crippen LogP contribution < -0.4 is 20.1 Å². The molecule has 0 aliphatic carbocycles. The first-order valence-electron chi connectivity index (χ1n) is 9.38. The van der Waals surface area contributed by atoms with Crippen LogP contribution in [0.4, 0.5) is 0 Å². The van der Waals surface area contributed by atoms with Crippen molar-refractivity contribution in [3.63, 3.8) is 0 Å². The SMILES string of the molecule is CNC(=O)COc1ccc(C(=O)N2CCC(N3CCNCC3)C2)cc1OC.Cl. The standard InChI is InChI=1S/C19H28N4O4.ClH/c1-20-18(24)13-27-16-4-3-14(11-17(16)26-2)19(25)23-8-5-15(12-23)22-9-6-21-7-10-22;/h3-4,11,15,21H,5-10,12-13H2,1-2H3,(H,20,24);1H. The van der Waals surface area contributed by atoms with E-state index in [1.54, 1.807) is 25.2 Å². The number of amides is 2. The van der Waals surface area contributed by atoms with Crippen molar-refractivity contribution in [3.05, 3.63) is 23.8 Å². The molecule has 0 aromatic heterocycles. The fourth-order valence-electron chi connectivity index (χ4n) is 3.59. The summed E-state index contributed by atoms with van der Waals surface area (Å²) in [6, 6.07) is 5.52. The van der Waals surface area contributed by atoms with Crippen molar-refractivity contribution in [2.45, 2.75) is 12.5 Å². The third-order valence-electron chi connectivity index (χ3n) is 5.17. The number of nitrogens with zero attached hydrogens (tertiary/aromatic N) is 2. The quantitative estimate of drug-likeness (QED) is 0.702. The van der Waals surface area contributed by atoms with Gasteiger partial charge in [-0.15, -0.1) is 12.4 Å². The van der Waals surface area contributed by atoms with E-state index in [0.717, 1.165) is 45.7 Å². The Bertz CT molecular complexity index is 682. The van der Waals surface area contributed by atoms with Crippen molar-refractivity contribution in [2.24, 2.45) is 0 Å². The van der Waals surface area contributed by atoms with Gasteiger partial charge in [0.1, 0.15) is 0 Å². The van der Waals surface area contributed by atoms with E-state index in [1.807, 2.05) is 4.90 Å². The summed E-state index contributed by atoms with van der Waals surface area (Å²) in [5, 5.41) is 5.86. The summed E-state index contributed by atoms with van der Waals surface area (Å²) in [5.74, 6) is 0.664. The first-order valence-corrected chi connectivity index (χ1v) is 9.38. The molecule has 1 unspecified atom stereocenters. The van der Waals surface area contributed by atoms with Crippen LogP contribution >= 0.6 is 12.4 Å². The molecule has 8 nitrogen and oxygen atoms in total. The lowest BCUT2D eigenvalue weighted by Crippen LogP contribution is -2.49. The zero-order chi connectivity index (χ0) is 19.2.